The largest absolute Gasteiger partial charge is 0.336 e. The standard InChI is InChI=1S/C29H25Cl2N5O/c1-35-17-33-15-26(35)29(32,22-8-10-27(31)34-14-22)21-7-9-25-20(11-21)13-24(19-3-2-4-23(30)12-19)28(37)36(25)16-18-5-6-18/h2-4,7-15,17-18H,5-6,16,32H2,1H3. The van der Waals surface area contributed by atoms with Gasteiger partial charge in [-0.25, -0.2) is 9.97 Å². The molecule has 0 amide bonds. The zero-order valence-corrected chi connectivity index (χ0v) is 21.7. The highest BCUT2D eigenvalue weighted by atomic mass is 35.5. The highest BCUT2D eigenvalue weighted by Crippen LogP contribution is 2.37. The minimum atomic E-state index is -1.05. The molecule has 1 atom stereocenters. The first-order valence-corrected chi connectivity index (χ1v) is 12.9. The number of nitrogens with zero attached hydrogens (tertiary/aromatic N) is 4. The lowest BCUT2D eigenvalue weighted by Gasteiger charge is -2.31. The van der Waals surface area contributed by atoms with Gasteiger partial charge in [-0.2, -0.15) is 0 Å². The fourth-order valence-corrected chi connectivity index (χ4v) is 5.35. The van der Waals surface area contributed by atoms with E-state index in [2.05, 4.69) is 16.0 Å². The van der Waals surface area contributed by atoms with Crippen LogP contribution in [0.15, 0.2) is 84.2 Å². The normalized spacial score (nSPS) is 15.1. The van der Waals surface area contributed by atoms with Gasteiger partial charge in [0, 0.05) is 35.9 Å². The summed E-state index contributed by atoms with van der Waals surface area (Å²) in [5, 5.41) is 1.91. The summed E-state index contributed by atoms with van der Waals surface area (Å²) in [7, 11) is 1.92. The van der Waals surface area contributed by atoms with Crippen LogP contribution in [-0.2, 0) is 19.1 Å². The van der Waals surface area contributed by atoms with Crippen molar-refractivity contribution in [2.45, 2.75) is 24.9 Å². The molecule has 0 radical (unpaired) electrons. The van der Waals surface area contributed by atoms with Gasteiger partial charge in [-0.1, -0.05) is 47.5 Å². The molecule has 0 bridgehead atoms. The van der Waals surface area contributed by atoms with Crippen molar-refractivity contribution >= 4 is 34.1 Å². The third-order valence-electron chi connectivity index (χ3n) is 7.23. The fraction of sp³-hybridized carbons (Fsp3) is 0.207. The molecule has 37 heavy (non-hydrogen) atoms. The zero-order valence-electron chi connectivity index (χ0n) is 20.2. The highest BCUT2D eigenvalue weighted by molar-refractivity contribution is 6.30. The van der Waals surface area contributed by atoms with Gasteiger partial charge in [0.15, 0.2) is 0 Å². The molecule has 3 aromatic heterocycles. The van der Waals surface area contributed by atoms with Gasteiger partial charge in [0.05, 0.1) is 23.7 Å². The van der Waals surface area contributed by atoms with Gasteiger partial charge in [0.25, 0.3) is 5.56 Å². The van der Waals surface area contributed by atoms with Crippen molar-refractivity contribution in [2.24, 2.45) is 18.7 Å². The number of hydrogen-bond acceptors (Lipinski definition) is 4. The van der Waals surface area contributed by atoms with Crippen LogP contribution in [-0.4, -0.2) is 19.1 Å². The Morgan fingerprint density at radius 3 is 2.51 bits per heavy atom. The van der Waals surface area contributed by atoms with Crippen LogP contribution in [0.3, 0.4) is 0 Å². The number of aryl methyl sites for hydroxylation is 1. The maximum absolute atomic E-state index is 13.7. The molecule has 1 aliphatic rings. The fourth-order valence-electron chi connectivity index (χ4n) is 5.04. The van der Waals surface area contributed by atoms with Crippen LogP contribution in [0.5, 0.6) is 0 Å². The zero-order chi connectivity index (χ0) is 25.7. The van der Waals surface area contributed by atoms with E-state index >= 15 is 0 Å². The minimum Gasteiger partial charge on any atom is -0.336 e. The Morgan fingerprint density at radius 2 is 1.84 bits per heavy atom. The maximum Gasteiger partial charge on any atom is 0.258 e. The summed E-state index contributed by atoms with van der Waals surface area (Å²) in [6, 6.07) is 19.0. The number of benzene rings is 2. The van der Waals surface area contributed by atoms with E-state index in [-0.39, 0.29) is 5.56 Å². The molecule has 0 saturated heterocycles. The van der Waals surface area contributed by atoms with Crippen molar-refractivity contribution in [2.75, 3.05) is 0 Å². The van der Waals surface area contributed by atoms with E-state index in [9.17, 15) is 4.79 Å². The van der Waals surface area contributed by atoms with E-state index in [1.165, 1.54) is 0 Å². The summed E-state index contributed by atoms with van der Waals surface area (Å²) in [6.45, 7) is 0.694. The topological polar surface area (TPSA) is 78.7 Å². The second-order valence-corrected chi connectivity index (χ2v) is 10.6. The smallest absolute Gasteiger partial charge is 0.258 e. The number of hydrogen-bond donors (Lipinski definition) is 1. The van der Waals surface area contributed by atoms with Crippen molar-refractivity contribution in [3.63, 3.8) is 0 Å². The molecule has 1 fully saturated rings. The number of rotatable bonds is 6. The van der Waals surface area contributed by atoms with Crippen LogP contribution in [0, 0.1) is 5.92 Å². The first kappa shape index (κ1) is 23.9. The lowest BCUT2D eigenvalue weighted by Crippen LogP contribution is -2.41. The van der Waals surface area contributed by atoms with Crippen LogP contribution < -0.4 is 11.3 Å². The molecule has 1 unspecified atom stereocenters. The van der Waals surface area contributed by atoms with Crippen molar-refractivity contribution in [1.82, 2.24) is 19.1 Å². The summed E-state index contributed by atoms with van der Waals surface area (Å²) < 4.78 is 3.81. The molecule has 3 heterocycles. The van der Waals surface area contributed by atoms with Crippen molar-refractivity contribution in [3.05, 3.63) is 117 Å². The quantitative estimate of drug-likeness (QED) is 0.283. The molecular formula is C29H25Cl2N5O. The van der Waals surface area contributed by atoms with Crippen LogP contribution in [0.2, 0.25) is 10.2 Å². The van der Waals surface area contributed by atoms with E-state index in [1.54, 1.807) is 24.8 Å². The van der Waals surface area contributed by atoms with Crippen LogP contribution in [0.25, 0.3) is 22.0 Å². The number of halogens is 2. The molecule has 2 N–H and O–H groups in total. The Balaban J connectivity index is 1.61. The van der Waals surface area contributed by atoms with E-state index in [0.717, 1.165) is 46.1 Å². The lowest BCUT2D eigenvalue weighted by molar-refractivity contribution is 0.593. The number of imidazole rings is 1. The maximum atomic E-state index is 13.7. The summed E-state index contributed by atoms with van der Waals surface area (Å²) in [6.07, 6.45) is 7.48. The third kappa shape index (κ3) is 4.25. The second-order valence-electron chi connectivity index (χ2n) is 9.77. The first-order valence-electron chi connectivity index (χ1n) is 12.2. The average Bonchev–Trinajstić information content (AvgIpc) is 3.62. The first-order chi connectivity index (χ1) is 17.8. The molecule has 0 aliphatic heterocycles. The van der Waals surface area contributed by atoms with Crippen LogP contribution >= 0.6 is 23.2 Å². The van der Waals surface area contributed by atoms with Crippen molar-refractivity contribution in [1.29, 1.82) is 0 Å². The predicted octanol–water partition coefficient (Wildman–Crippen LogP) is 5.76. The summed E-state index contributed by atoms with van der Waals surface area (Å²) in [5.41, 5.74) is 10.9. The van der Waals surface area contributed by atoms with E-state index < -0.39 is 5.54 Å². The number of aromatic nitrogens is 4. The van der Waals surface area contributed by atoms with Crippen LogP contribution in [0.4, 0.5) is 0 Å². The molecule has 8 heteroatoms. The minimum absolute atomic E-state index is 0.0121. The predicted molar refractivity (Wildman–Crippen MR) is 148 cm³/mol. The molecular weight excluding hydrogens is 505 g/mol. The Kier molecular flexibility index (Phi) is 5.91. The Labute approximate surface area is 224 Å². The number of pyridine rings is 2. The number of nitrogens with two attached hydrogens (primary N) is 1. The molecule has 186 valence electrons. The monoisotopic (exact) mass is 529 g/mol. The average molecular weight is 530 g/mol. The van der Waals surface area contributed by atoms with Gasteiger partial charge < -0.3 is 14.9 Å². The Morgan fingerprint density at radius 1 is 1.03 bits per heavy atom. The molecule has 0 spiro atoms. The molecule has 5 aromatic rings. The molecule has 2 aromatic carbocycles. The summed E-state index contributed by atoms with van der Waals surface area (Å²) in [5.74, 6) is 0.526. The SMILES string of the molecule is Cn1cncc1C(N)(c1ccc(Cl)nc1)c1ccc2c(c1)cc(-c1cccc(Cl)c1)c(=O)n2CC1CC1. The summed E-state index contributed by atoms with van der Waals surface area (Å²) in [4.78, 5) is 22.3. The Bertz CT molecular complexity index is 1690. The highest BCUT2D eigenvalue weighted by Gasteiger charge is 2.35. The van der Waals surface area contributed by atoms with Gasteiger partial charge in [-0.05, 0) is 71.7 Å². The van der Waals surface area contributed by atoms with Crippen LogP contribution in [0.1, 0.15) is 29.7 Å². The third-order valence-corrected chi connectivity index (χ3v) is 7.68. The molecule has 6 nitrogen and oxygen atoms in total. The second kappa shape index (κ2) is 9.14. The summed E-state index contributed by atoms with van der Waals surface area (Å²) >= 11 is 12.4. The molecule has 1 saturated carbocycles. The van der Waals surface area contributed by atoms with Crippen molar-refractivity contribution in [3.8, 4) is 11.1 Å². The van der Waals surface area contributed by atoms with Gasteiger partial charge in [-0.3, -0.25) is 4.79 Å². The lowest BCUT2D eigenvalue weighted by atomic mass is 9.81. The molecule has 1 aliphatic carbocycles. The van der Waals surface area contributed by atoms with Gasteiger partial charge in [-0.15, -0.1) is 0 Å². The number of fused-ring (bicyclic) bond motifs is 1. The Hall–Kier alpha value is -3.45. The van der Waals surface area contributed by atoms with Crippen molar-refractivity contribution < 1.29 is 0 Å². The van der Waals surface area contributed by atoms with Gasteiger partial charge in [0.2, 0.25) is 0 Å². The van der Waals surface area contributed by atoms with E-state index in [1.807, 2.05) is 64.7 Å². The van der Waals surface area contributed by atoms with Gasteiger partial charge in [0.1, 0.15) is 10.7 Å². The van der Waals surface area contributed by atoms with Gasteiger partial charge >= 0.3 is 0 Å². The van der Waals surface area contributed by atoms with E-state index in [4.69, 9.17) is 28.9 Å². The van der Waals surface area contributed by atoms with E-state index in [0.29, 0.717) is 28.2 Å². The molecule has 6 rings (SSSR count).